The van der Waals surface area contributed by atoms with Crippen LogP contribution in [0.15, 0.2) is 22.8 Å². The second kappa shape index (κ2) is 7.33. The van der Waals surface area contributed by atoms with Crippen LogP contribution in [-0.2, 0) is 14.3 Å². The van der Waals surface area contributed by atoms with E-state index in [0.29, 0.717) is 51.8 Å². The minimum atomic E-state index is -0.620. The number of ether oxygens (including phenoxy) is 2. The van der Waals surface area contributed by atoms with Gasteiger partial charge in [-0.2, -0.15) is 0 Å². The van der Waals surface area contributed by atoms with Gasteiger partial charge in [-0.3, -0.25) is 14.5 Å². The average molecular weight is 337 g/mol. The lowest BCUT2D eigenvalue weighted by Gasteiger charge is -2.43. The number of amides is 2. The summed E-state index contributed by atoms with van der Waals surface area (Å²) in [5.41, 5.74) is -0.620. The molecule has 1 atom stereocenters. The molecule has 3 rings (SSSR count). The Balaban J connectivity index is 1.70. The molecule has 132 valence electrons. The van der Waals surface area contributed by atoms with Gasteiger partial charge in [0, 0.05) is 26.7 Å². The first-order valence-electron chi connectivity index (χ1n) is 8.09. The number of morpholine rings is 1. The van der Waals surface area contributed by atoms with E-state index in [2.05, 4.69) is 5.32 Å². The van der Waals surface area contributed by atoms with Crippen LogP contribution in [0.1, 0.15) is 10.6 Å². The maximum Gasteiger partial charge on any atom is 0.289 e. The molecule has 8 nitrogen and oxygen atoms in total. The van der Waals surface area contributed by atoms with Crippen LogP contribution in [0.2, 0.25) is 0 Å². The predicted octanol–water partition coefficient (Wildman–Crippen LogP) is -0.431. The summed E-state index contributed by atoms with van der Waals surface area (Å²) < 4.78 is 16.9. The van der Waals surface area contributed by atoms with Crippen molar-refractivity contribution in [2.45, 2.75) is 5.60 Å². The fourth-order valence-corrected chi connectivity index (χ4v) is 3.16. The molecule has 1 aromatic heterocycles. The Morgan fingerprint density at radius 2 is 2.17 bits per heavy atom. The topological polar surface area (TPSA) is 84.3 Å². The number of rotatable bonds is 3. The SMILES string of the molecule is CNC(=O)CN1CCOC[C@]2(C1)CN(C(=O)c1ccco1)CCO2. The summed E-state index contributed by atoms with van der Waals surface area (Å²) in [4.78, 5) is 28.0. The van der Waals surface area contributed by atoms with E-state index in [4.69, 9.17) is 13.9 Å². The fraction of sp³-hybridized carbons (Fsp3) is 0.625. The summed E-state index contributed by atoms with van der Waals surface area (Å²) in [6.45, 7) is 3.79. The number of carbonyl (C=O) groups is 2. The predicted molar refractivity (Wildman–Crippen MR) is 84.6 cm³/mol. The highest BCUT2D eigenvalue weighted by atomic mass is 16.5. The van der Waals surface area contributed by atoms with Gasteiger partial charge in [-0.15, -0.1) is 0 Å². The van der Waals surface area contributed by atoms with Crippen LogP contribution >= 0.6 is 0 Å². The number of nitrogens with zero attached hydrogens (tertiary/aromatic N) is 2. The van der Waals surface area contributed by atoms with E-state index in [1.165, 1.54) is 6.26 Å². The van der Waals surface area contributed by atoms with Crippen molar-refractivity contribution in [1.29, 1.82) is 0 Å². The van der Waals surface area contributed by atoms with Crippen LogP contribution < -0.4 is 5.32 Å². The van der Waals surface area contributed by atoms with E-state index in [0.717, 1.165) is 0 Å². The van der Waals surface area contributed by atoms with Crippen molar-refractivity contribution >= 4 is 11.8 Å². The van der Waals surface area contributed by atoms with E-state index in [1.807, 2.05) is 4.90 Å². The van der Waals surface area contributed by atoms with Crippen molar-refractivity contribution in [1.82, 2.24) is 15.1 Å². The van der Waals surface area contributed by atoms with Gasteiger partial charge in [-0.05, 0) is 12.1 Å². The first-order chi connectivity index (χ1) is 11.6. The summed E-state index contributed by atoms with van der Waals surface area (Å²) in [5, 5.41) is 2.63. The lowest BCUT2D eigenvalue weighted by atomic mass is 10.0. The van der Waals surface area contributed by atoms with Crippen LogP contribution in [0.25, 0.3) is 0 Å². The van der Waals surface area contributed by atoms with Crippen molar-refractivity contribution in [2.75, 3.05) is 59.6 Å². The molecule has 1 aromatic rings. The lowest BCUT2D eigenvalue weighted by Crippen LogP contribution is -2.60. The molecular formula is C16H23N3O5. The number of likely N-dealkylation sites (N-methyl/N-ethyl adjacent to an activating group) is 1. The summed E-state index contributed by atoms with van der Waals surface area (Å²) in [6, 6.07) is 3.36. The molecule has 2 fully saturated rings. The molecule has 2 saturated heterocycles. The first-order valence-corrected chi connectivity index (χ1v) is 8.09. The van der Waals surface area contributed by atoms with Gasteiger partial charge in [-0.1, -0.05) is 0 Å². The van der Waals surface area contributed by atoms with Gasteiger partial charge >= 0.3 is 0 Å². The highest BCUT2D eigenvalue weighted by Gasteiger charge is 2.42. The second-order valence-electron chi connectivity index (χ2n) is 6.17. The van der Waals surface area contributed by atoms with Crippen molar-refractivity contribution in [3.05, 3.63) is 24.2 Å². The molecule has 1 spiro atoms. The Morgan fingerprint density at radius 3 is 2.92 bits per heavy atom. The average Bonchev–Trinajstić information content (AvgIpc) is 3.06. The van der Waals surface area contributed by atoms with Crippen LogP contribution in [0.5, 0.6) is 0 Å². The van der Waals surface area contributed by atoms with Gasteiger partial charge in [0.25, 0.3) is 5.91 Å². The highest BCUT2D eigenvalue weighted by Crippen LogP contribution is 2.24. The number of nitrogens with one attached hydrogen (secondary N) is 1. The van der Waals surface area contributed by atoms with E-state index in [9.17, 15) is 9.59 Å². The Labute approximate surface area is 140 Å². The van der Waals surface area contributed by atoms with Crippen LogP contribution in [0, 0.1) is 0 Å². The molecule has 0 bridgehead atoms. The van der Waals surface area contributed by atoms with Crippen LogP contribution in [0.4, 0.5) is 0 Å². The second-order valence-corrected chi connectivity index (χ2v) is 6.17. The Bertz CT molecular complexity index is 576. The van der Waals surface area contributed by atoms with Crippen molar-refractivity contribution in [2.24, 2.45) is 0 Å². The van der Waals surface area contributed by atoms with Gasteiger partial charge in [0.2, 0.25) is 5.91 Å². The normalized spacial score (nSPS) is 25.5. The van der Waals surface area contributed by atoms with E-state index >= 15 is 0 Å². The minimum absolute atomic E-state index is 0.0497. The Hall–Kier alpha value is -1.90. The maximum atomic E-state index is 12.5. The molecule has 2 amide bonds. The summed E-state index contributed by atoms with van der Waals surface area (Å²) in [7, 11) is 1.62. The minimum Gasteiger partial charge on any atom is -0.459 e. The van der Waals surface area contributed by atoms with Crippen LogP contribution in [-0.4, -0.2) is 86.8 Å². The fourth-order valence-electron chi connectivity index (χ4n) is 3.16. The molecule has 0 saturated carbocycles. The molecule has 2 aliphatic rings. The summed E-state index contributed by atoms with van der Waals surface area (Å²) in [5.74, 6) is 0.125. The van der Waals surface area contributed by atoms with Gasteiger partial charge < -0.3 is 24.1 Å². The van der Waals surface area contributed by atoms with Gasteiger partial charge in [0.15, 0.2) is 5.76 Å². The Morgan fingerprint density at radius 1 is 1.29 bits per heavy atom. The van der Waals surface area contributed by atoms with E-state index in [-0.39, 0.29) is 18.4 Å². The number of furan rings is 1. The van der Waals surface area contributed by atoms with E-state index in [1.54, 1.807) is 24.1 Å². The monoisotopic (exact) mass is 337 g/mol. The first kappa shape index (κ1) is 16.9. The van der Waals surface area contributed by atoms with Crippen molar-refractivity contribution < 1.29 is 23.5 Å². The maximum absolute atomic E-state index is 12.5. The standard InChI is InChI=1S/C16H23N3O5/c1-17-14(20)9-18-4-7-22-12-16(10-18)11-19(5-8-24-16)15(21)13-3-2-6-23-13/h2-3,6H,4-5,7-12H2,1H3,(H,17,20)/t16-/m0/s1. The quantitative estimate of drug-likeness (QED) is 0.806. The van der Waals surface area contributed by atoms with E-state index < -0.39 is 5.60 Å². The zero-order valence-electron chi connectivity index (χ0n) is 13.8. The molecule has 8 heteroatoms. The molecule has 1 N–H and O–H groups in total. The molecule has 0 radical (unpaired) electrons. The number of hydrogen-bond donors (Lipinski definition) is 1. The third-order valence-corrected chi connectivity index (χ3v) is 4.34. The smallest absolute Gasteiger partial charge is 0.289 e. The number of carbonyl (C=O) groups excluding carboxylic acids is 2. The van der Waals surface area contributed by atoms with Crippen molar-refractivity contribution in [3.63, 3.8) is 0 Å². The highest BCUT2D eigenvalue weighted by molar-refractivity contribution is 5.91. The molecule has 0 aliphatic carbocycles. The molecule has 0 aromatic carbocycles. The molecule has 0 unspecified atom stereocenters. The third-order valence-electron chi connectivity index (χ3n) is 4.34. The van der Waals surface area contributed by atoms with Crippen LogP contribution in [0.3, 0.4) is 0 Å². The number of hydrogen-bond acceptors (Lipinski definition) is 6. The lowest BCUT2D eigenvalue weighted by molar-refractivity contribution is -0.136. The van der Waals surface area contributed by atoms with Gasteiger partial charge in [0.05, 0.1) is 39.2 Å². The van der Waals surface area contributed by atoms with Crippen molar-refractivity contribution in [3.8, 4) is 0 Å². The Kier molecular flexibility index (Phi) is 5.17. The summed E-state index contributed by atoms with van der Waals surface area (Å²) >= 11 is 0. The molecular weight excluding hydrogens is 314 g/mol. The van der Waals surface area contributed by atoms with Gasteiger partial charge in [0.1, 0.15) is 5.60 Å². The third kappa shape index (κ3) is 3.77. The largest absolute Gasteiger partial charge is 0.459 e. The molecule has 24 heavy (non-hydrogen) atoms. The zero-order chi connectivity index (χ0) is 17.0. The van der Waals surface area contributed by atoms with Gasteiger partial charge in [-0.25, -0.2) is 0 Å². The molecule has 2 aliphatic heterocycles. The summed E-state index contributed by atoms with van der Waals surface area (Å²) in [6.07, 6.45) is 1.49. The molecule has 3 heterocycles. The zero-order valence-corrected chi connectivity index (χ0v) is 13.8.